The molecule has 0 bridgehead atoms. The van der Waals surface area contributed by atoms with Crippen molar-refractivity contribution in [3.8, 4) is 5.75 Å². The normalized spacial score (nSPS) is 20.4. The molecule has 36 heavy (non-hydrogen) atoms. The van der Waals surface area contributed by atoms with Crippen LogP contribution in [0, 0.1) is 0 Å². The number of hydrogen-bond donors (Lipinski definition) is 1. The Labute approximate surface area is 212 Å². The fourth-order valence-corrected chi connectivity index (χ4v) is 5.21. The van der Waals surface area contributed by atoms with Crippen molar-refractivity contribution in [3.63, 3.8) is 0 Å². The van der Waals surface area contributed by atoms with Crippen LogP contribution in [0.2, 0.25) is 0 Å². The van der Waals surface area contributed by atoms with Crippen molar-refractivity contribution < 1.29 is 23.9 Å². The molecule has 1 aromatic heterocycles. The van der Waals surface area contributed by atoms with E-state index in [1.165, 1.54) is 26.3 Å². The molecule has 2 aliphatic rings. The zero-order valence-corrected chi connectivity index (χ0v) is 21.4. The van der Waals surface area contributed by atoms with E-state index >= 15 is 0 Å². The first kappa shape index (κ1) is 25.7. The Morgan fingerprint density at radius 1 is 1.14 bits per heavy atom. The first-order valence-corrected chi connectivity index (χ1v) is 12.9. The van der Waals surface area contributed by atoms with E-state index in [-0.39, 0.29) is 29.9 Å². The number of methoxy groups -OCH3 is 1. The lowest BCUT2D eigenvalue weighted by molar-refractivity contribution is -0.133. The number of hydrogen-bond acceptors (Lipinski definition) is 6. The van der Waals surface area contributed by atoms with E-state index in [0.29, 0.717) is 19.6 Å². The maximum atomic E-state index is 13.8. The molecule has 0 saturated heterocycles. The molecule has 1 aliphatic carbocycles. The van der Waals surface area contributed by atoms with Crippen LogP contribution in [0.25, 0.3) is 0 Å². The Morgan fingerprint density at radius 2 is 1.83 bits per heavy atom. The summed E-state index contributed by atoms with van der Waals surface area (Å²) in [7, 11) is 1.26. The van der Waals surface area contributed by atoms with Crippen molar-refractivity contribution in [2.45, 2.75) is 76.9 Å². The van der Waals surface area contributed by atoms with Gasteiger partial charge in [-0.15, -0.1) is 0 Å². The number of imidazole rings is 1. The monoisotopic (exact) mass is 496 g/mol. The number of nitrogens with zero attached hydrogens (tertiary/aromatic N) is 3. The summed E-state index contributed by atoms with van der Waals surface area (Å²) >= 11 is 0. The van der Waals surface area contributed by atoms with Gasteiger partial charge in [0.2, 0.25) is 5.91 Å². The molecule has 4 rings (SSSR count). The molecule has 2 heterocycles. The summed E-state index contributed by atoms with van der Waals surface area (Å²) in [6, 6.07) is 7.84. The number of esters is 1. The highest BCUT2D eigenvalue weighted by Crippen LogP contribution is 2.30. The molecule has 1 fully saturated rings. The van der Waals surface area contributed by atoms with Gasteiger partial charge in [0, 0.05) is 12.6 Å². The molecule has 1 aromatic carbocycles. The predicted octanol–water partition coefficient (Wildman–Crippen LogP) is 3.36. The third kappa shape index (κ3) is 5.24. The molecule has 9 nitrogen and oxygen atoms in total. The van der Waals surface area contributed by atoms with E-state index in [1.54, 1.807) is 16.4 Å². The van der Waals surface area contributed by atoms with Gasteiger partial charge >= 0.3 is 5.97 Å². The molecule has 0 radical (unpaired) electrons. The fourth-order valence-electron chi connectivity index (χ4n) is 5.21. The van der Waals surface area contributed by atoms with Gasteiger partial charge in [-0.3, -0.25) is 9.59 Å². The highest BCUT2D eigenvalue weighted by molar-refractivity contribution is 6.06. The van der Waals surface area contributed by atoms with E-state index in [2.05, 4.69) is 10.3 Å². The number of fused-ring (bicyclic) bond motifs is 1. The van der Waals surface area contributed by atoms with Crippen LogP contribution in [-0.2, 0) is 22.5 Å². The highest BCUT2D eigenvalue weighted by Gasteiger charge is 2.49. The van der Waals surface area contributed by atoms with E-state index in [9.17, 15) is 14.4 Å². The van der Waals surface area contributed by atoms with Crippen molar-refractivity contribution in [2.75, 3.05) is 20.3 Å². The quantitative estimate of drug-likeness (QED) is 0.444. The van der Waals surface area contributed by atoms with Gasteiger partial charge in [0.1, 0.15) is 17.0 Å². The van der Waals surface area contributed by atoms with E-state index in [1.807, 2.05) is 31.2 Å². The lowest BCUT2D eigenvalue weighted by Gasteiger charge is -2.44. The summed E-state index contributed by atoms with van der Waals surface area (Å²) in [5, 5.41) is 3.24. The van der Waals surface area contributed by atoms with Gasteiger partial charge in [-0.05, 0) is 50.8 Å². The number of amides is 2. The maximum absolute atomic E-state index is 13.8. The van der Waals surface area contributed by atoms with Gasteiger partial charge in [-0.25, -0.2) is 9.78 Å². The molecular formula is C27H36N4O5. The van der Waals surface area contributed by atoms with Crippen molar-refractivity contribution in [3.05, 3.63) is 47.5 Å². The molecule has 1 atom stereocenters. The number of carbonyl (C=O) groups excluding carboxylic acids is 3. The second-order valence-corrected chi connectivity index (χ2v) is 9.78. The average molecular weight is 497 g/mol. The summed E-state index contributed by atoms with van der Waals surface area (Å²) in [6.07, 6.45) is 8.45. The fraction of sp³-hybridized carbons (Fsp3) is 0.556. The van der Waals surface area contributed by atoms with Crippen molar-refractivity contribution in [1.29, 1.82) is 0 Å². The van der Waals surface area contributed by atoms with E-state index in [4.69, 9.17) is 9.47 Å². The number of aromatic nitrogens is 2. The predicted molar refractivity (Wildman–Crippen MR) is 134 cm³/mol. The zero-order chi connectivity index (χ0) is 25.7. The molecule has 194 valence electrons. The summed E-state index contributed by atoms with van der Waals surface area (Å²) in [5.41, 5.74) is 0.0218. The molecule has 1 saturated carbocycles. The molecule has 1 unspecified atom stereocenters. The van der Waals surface area contributed by atoms with Crippen LogP contribution in [0.15, 0.2) is 30.6 Å². The van der Waals surface area contributed by atoms with Crippen LogP contribution in [0.1, 0.15) is 78.9 Å². The van der Waals surface area contributed by atoms with E-state index < -0.39 is 17.4 Å². The lowest BCUT2D eigenvalue weighted by Crippen LogP contribution is -2.65. The van der Waals surface area contributed by atoms with Gasteiger partial charge in [0.25, 0.3) is 5.91 Å². The Kier molecular flexibility index (Phi) is 7.96. The minimum atomic E-state index is -1.13. The van der Waals surface area contributed by atoms with Gasteiger partial charge in [-0.2, -0.15) is 0 Å². The number of nitrogens with one attached hydrogen (secondary N) is 1. The van der Waals surface area contributed by atoms with Crippen LogP contribution in [0.3, 0.4) is 0 Å². The summed E-state index contributed by atoms with van der Waals surface area (Å²) < 4.78 is 12.0. The van der Waals surface area contributed by atoms with E-state index in [0.717, 1.165) is 37.0 Å². The van der Waals surface area contributed by atoms with Gasteiger partial charge < -0.3 is 24.3 Å². The topological polar surface area (TPSA) is 103 Å². The first-order chi connectivity index (χ1) is 17.4. The van der Waals surface area contributed by atoms with Gasteiger partial charge in [0.15, 0.2) is 5.69 Å². The summed E-state index contributed by atoms with van der Waals surface area (Å²) in [4.78, 5) is 45.6. The smallest absolute Gasteiger partial charge is 0.359 e. The molecule has 1 N–H and O–H groups in total. The molecule has 2 amide bonds. The molecule has 2 aromatic rings. The summed E-state index contributed by atoms with van der Waals surface area (Å²) in [6.45, 7) is 4.85. The standard InChI is InChI=1S/C27H36N4O5/c1-4-36-21-13-11-19(12-14-21)15-16-31-24(32)23-22(25(33)35-3)28-18-30(23)17-27(31,2)26(34)29-20-9-7-5-6-8-10-20/h11-14,18,20H,4-10,15-17H2,1-3H3,(H,29,34). The van der Waals surface area contributed by atoms with Crippen molar-refractivity contribution in [2.24, 2.45) is 0 Å². The summed E-state index contributed by atoms with van der Waals surface area (Å²) in [5.74, 6) is -0.457. The van der Waals surface area contributed by atoms with Gasteiger partial charge in [-0.1, -0.05) is 37.8 Å². The third-order valence-corrected chi connectivity index (χ3v) is 7.28. The maximum Gasteiger partial charge on any atom is 0.359 e. The van der Waals surface area contributed by atoms with Crippen LogP contribution in [0.4, 0.5) is 0 Å². The molecular weight excluding hydrogens is 460 g/mol. The zero-order valence-electron chi connectivity index (χ0n) is 21.4. The van der Waals surface area contributed by atoms with Crippen LogP contribution in [0.5, 0.6) is 5.75 Å². The average Bonchev–Trinajstić information content (AvgIpc) is 3.12. The first-order valence-electron chi connectivity index (χ1n) is 12.9. The minimum Gasteiger partial charge on any atom is -0.494 e. The minimum absolute atomic E-state index is 0.0280. The van der Waals surface area contributed by atoms with Crippen LogP contribution < -0.4 is 10.1 Å². The third-order valence-electron chi connectivity index (χ3n) is 7.28. The SMILES string of the molecule is CCOc1ccc(CCN2C(=O)c3c(C(=O)OC)ncn3CC2(C)C(=O)NC2CCCCCC2)cc1. The Balaban J connectivity index is 1.61. The second-order valence-electron chi connectivity index (χ2n) is 9.78. The molecule has 9 heteroatoms. The number of ether oxygens (including phenoxy) is 2. The largest absolute Gasteiger partial charge is 0.494 e. The Morgan fingerprint density at radius 3 is 2.47 bits per heavy atom. The van der Waals surface area contributed by atoms with Crippen molar-refractivity contribution in [1.82, 2.24) is 19.8 Å². The molecule has 0 spiro atoms. The lowest BCUT2D eigenvalue weighted by atomic mass is 9.92. The second kappa shape index (κ2) is 11.1. The molecule has 1 aliphatic heterocycles. The number of carbonyl (C=O) groups is 3. The van der Waals surface area contributed by atoms with Crippen LogP contribution in [-0.4, -0.2) is 64.1 Å². The Bertz CT molecular complexity index is 1090. The van der Waals surface area contributed by atoms with Gasteiger partial charge in [0.05, 0.1) is 26.6 Å². The Hall–Kier alpha value is -3.36. The number of benzene rings is 1. The van der Waals surface area contributed by atoms with Crippen molar-refractivity contribution >= 4 is 17.8 Å². The van der Waals surface area contributed by atoms with Crippen LogP contribution >= 0.6 is 0 Å². The highest BCUT2D eigenvalue weighted by atomic mass is 16.5. The number of rotatable bonds is 8.